The number of aryl methyl sites for hydroxylation is 2. The topological polar surface area (TPSA) is 65.5 Å². The number of benzene rings is 2. The Bertz CT molecular complexity index is 1230. The highest BCUT2D eigenvalue weighted by Crippen LogP contribution is 2.36. The quantitative estimate of drug-likeness (QED) is 0.562. The summed E-state index contributed by atoms with van der Waals surface area (Å²) in [7, 11) is 0. The number of likely N-dealkylation sites (tertiary alicyclic amines) is 1. The Kier molecular flexibility index (Phi) is 6.48. The molecule has 0 bridgehead atoms. The van der Waals surface area contributed by atoms with E-state index in [1.807, 2.05) is 55.1 Å². The maximum absolute atomic E-state index is 13.1. The van der Waals surface area contributed by atoms with Crippen molar-refractivity contribution in [3.63, 3.8) is 0 Å². The average Bonchev–Trinajstić information content (AvgIpc) is 3.41. The van der Waals surface area contributed by atoms with E-state index in [1.165, 1.54) is 30.6 Å². The van der Waals surface area contributed by atoms with Gasteiger partial charge in [-0.15, -0.1) is 11.3 Å². The number of carbonyl (C=O) groups is 2. The number of carbonyl (C=O) groups excluding carboxylic acids is 2. The third kappa shape index (κ3) is 4.76. The predicted octanol–water partition coefficient (Wildman–Crippen LogP) is 5.05. The van der Waals surface area contributed by atoms with E-state index in [2.05, 4.69) is 16.3 Å². The number of amides is 2. The van der Waals surface area contributed by atoms with Gasteiger partial charge >= 0.3 is 0 Å². The van der Waals surface area contributed by atoms with Gasteiger partial charge in [0.2, 0.25) is 5.91 Å². The van der Waals surface area contributed by atoms with Crippen LogP contribution in [0.25, 0.3) is 11.3 Å². The third-order valence-corrected chi connectivity index (χ3v) is 7.50. The molecule has 2 aliphatic rings. The number of hydrogen-bond acceptors (Lipinski definition) is 5. The number of nitrogens with zero attached hydrogens (tertiary/aromatic N) is 3. The highest BCUT2D eigenvalue weighted by molar-refractivity contribution is 7.16. The summed E-state index contributed by atoms with van der Waals surface area (Å²) in [6, 6.07) is 13.9. The first-order valence-corrected chi connectivity index (χ1v) is 12.8. The van der Waals surface area contributed by atoms with Gasteiger partial charge in [-0.25, -0.2) is 4.98 Å². The van der Waals surface area contributed by atoms with Gasteiger partial charge in [0, 0.05) is 28.2 Å². The molecular weight excluding hydrogens is 444 g/mol. The minimum Gasteiger partial charge on any atom is -0.308 e. The van der Waals surface area contributed by atoms with Crippen LogP contribution in [0.3, 0.4) is 0 Å². The van der Waals surface area contributed by atoms with Gasteiger partial charge in [-0.05, 0) is 76.0 Å². The fraction of sp³-hybridized carbons (Fsp3) is 0.370. The number of fused-ring (bicyclic) bond motifs is 1. The molecule has 0 atom stereocenters. The van der Waals surface area contributed by atoms with Crippen LogP contribution in [0, 0.1) is 13.8 Å². The number of hydrogen-bond donors (Lipinski definition) is 1. The standard InChI is InChI=1S/C27H30N4O2S/c1-18-7-6-8-22(15-18)26(33)31-14-11-20-16-21(9-10-23(20)31)25-19(2)34-27(29-25)28-24(32)17-30-12-4-3-5-13-30/h6-10,15-16H,3-5,11-14,17H2,1-2H3,(H,28,29,32). The fourth-order valence-corrected chi connectivity index (χ4v) is 5.74. The summed E-state index contributed by atoms with van der Waals surface area (Å²) in [6.07, 6.45) is 4.41. The molecule has 6 nitrogen and oxygen atoms in total. The first kappa shape index (κ1) is 22.7. The van der Waals surface area contributed by atoms with Gasteiger partial charge in [-0.1, -0.05) is 30.2 Å². The van der Waals surface area contributed by atoms with Crippen LogP contribution in [0.2, 0.25) is 0 Å². The molecule has 3 aromatic rings. The first-order chi connectivity index (χ1) is 16.5. The van der Waals surface area contributed by atoms with Crippen molar-refractivity contribution in [3.05, 3.63) is 64.0 Å². The molecular formula is C27H30N4O2S. The molecule has 3 heterocycles. The molecule has 1 fully saturated rings. The van der Waals surface area contributed by atoms with Crippen LogP contribution in [0.1, 0.15) is 45.6 Å². The van der Waals surface area contributed by atoms with E-state index in [-0.39, 0.29) is 11.8 Å². The Hall–Kier alpha value is -3.03. The number of rotatable bonds is 5. The van der Waals surface area contributed by atoms with Gasteiger partial charge in [0.1, 0.15) is 0 Å². The second-order valence-corrected chi connectivity index (χ2v) is 10.4. The second kappa shape index (κ2) is 9.68. The molecule has 5 rings (SSSR count). The number of piperidine rings is 1. The Morgan fingerprint density at radius 2 is 1.85 bits per heavy atom. The molecule has 2 amide bonds. The van der Waals surface area contributed by atoms with Crippen molar-refractivity contribution in [1.82, 2.24) is 9.88 Å². The monoisotopic (exact) mass is 474 g/mol. The largest absolute Gasteiger partial charge is 0.308 e. The third-order valence-electron chi connectivity index (χ3n) is 6.62. The first-order valence-electron chi connectivity index (χ1n) is 12.0. The summed E-state index contributed by atoms with van der Waals surface area (Å²) in [5.41, 5.74) is 5.84. The van der Waals surface area contributed by atoms with Gasteiger partial charge < -0.3 is 10.2 Å². The van der Waals surface area contributed by atoms with E-state index in [1.54, 1.807) is 0 Å². The van der Waals surface area contributed by atoms with Gasteiger partial charge in [0.15, 0.2) is 5.13 Å². The Balaban J connectivity index is 1.30. The van der Waals surface area contributed by atoms with Gasteiger partial charge in [0.05, 0.1) is 12.2 Å². The normalized spacial score (nSPS) is 15.9. The van der Waals surface area contributed by atoms with Crippen molar-refractivity contribution >= 4 is 34.0 Å². The van der Waals surface area contributed by atoms with Crippen LogP contribution < -0.4 is 10.2 Å². The van der Waals surface area contributed by atoms with Crippen LogP contribution in [0.15, 0.2) is 42.5 Å². The maximum atomic E-state index is 13.1. The zero-order valence-corrected chi connectivity index (χ0v) is 20.6. The second-order valence-electron chi connectivity index (χ2n) is 9.23. The van der Waals surface area contributed by atoms with E-state index in [0.717, 1.165) is 58.0 Å². The van der Waals surface area contributed by atoms with E-state index in [0.29, 0.717) is 18.2 Å². The minimum absolute atomic E-state index is 0.00135. The lowest BCUT2D eigenvalue weighted by molar-refractivity contribution is -0.117. The van der Waals surface area contributed by atoms with Crippen LogP contribution >= 0.6 is 11.3 Å². The zero-order chi connectivity index (χ0) is 23.7. The summed E-state index contributed by atoms with van der Waals surface area (Å²) >= 11 is 1.51. The number of anilines is 2. The molecule has 2 aliphatic heterocycles. The van der Waals surface area contributed by atoms with Crippen molar-refractivity contribution in [2.24, 2.45) is 0 Å². The van der Waals surface area contributed by atoms with Crippen LogP contribution in [-0.2, 0) is 11.2 Å². The summed E-state index contributed by atoms with van der Waals surface area (Å²) < 4.78 is 0. The van der Waals surface area contributed by atoms with E-state index in [4.69, 9.17) is 4.98 Å². The lowest BCUT2D eigenvalue weighted by Gasteiger charge is -2.25. The van der Waals surface area contributed by atoms with E-state index in [9.17, 15) is 9.59 Å². The predicted molar refractivity (Wildman–Crippen MR) is 138 cm³/mol. The van der Waals surface area contributed by atoms with Crippen LogP contribution in [0.4, 0.5) is 10.8 Å². The van der Waals surface area contributed by atoms with Crippen LogP contribution in [-0.4, -0.2) is 47.9 Å². The maximum Gasteiger partial charge on any atom is 0.258 e. The zero-order valence-electron chi connectivity index (χ0n) is 19.8. The number of nitrogens with one attached hydrogen (secondary N) is 1. The molecule has 0 radical (unpaired) electrons. The van der Waals surface area contributed by atoms with Crippen molar-refractivity contribution in [2.75, 3.05) is 36.4 Å². The molecule has 7 heteroatoms. The van der Waals surface area contributed by atoms with Crippen LogP contribution in [0.5, 0.6) is 0 Å². The molecule has 0 spiro atoms. The molecule has 0 saturated carbocycles. The molecule has 2 aromatic carbocycles. The Morgan fingerprint density at radius 1 is 1.03 bits per heavy atom. The molecule has 34 heavy (non-hydrogen) atoms. The molecule has 0 aliphatic carbocycles. The SMILES string of the molecule is Cc1cccc(C(=O)N2CCc3cc(-c4nc(NC(=O)CN5CCCCC5)sc4C)ccc32)c1. The molecule has 1 N–H and O–H groups in total. The average molecular weight is 475 g/mol. The smallest absolute Gasteiger partial charge is 0.258 e. The van der Waals surface area contributed by atoms with E-state index >= 15 is 0 Å². The number of thiazole rings is 1. The van der Waals surface area contributed by atoms with E-state index < -0.39 is 0 Å². The van der Waals surface area contributed by atoms with Gasteiger partial charge in [-0.3, -0.25) is 14.5 Å². The van der Waals surface area contributed by atoms with Crippen molar-refractivity contribution in [1.29, 1.82) is 0 Å². The van der Waals surface area contributed by atoms with Crippen molar-refractivity contribution < 1.29 is 9.59 Å². The Morgan fingerprint density at radius 3 is 2.65 bits per heavy atom. The molecule has 0 unspecified atom stereocenters. The number of aromatic nitrogens is 1. The summed E-state index contributed by atoms with van der Waals surface area (Å²) in [5.74, 6) is 0.0419. The van der Waals surface area contributed by atoms with Gasteiger partial charge in [0.25, 0.3) is 5.91 Å². The highest BCUT2D eigenvalue weighted by Gasteiger charge is 2.26. The highest BCUT2D eigenvalue weighted by atomic mass is 32.1. The fourth-order valence-electron chi connectivity index (χ4n) is 4.89. The summed E-state index contributed by atoms with van der Waals surface area (Å²) in [5, 5.41) is 3.64. The minimum atomic E-state index is 0.00135. The van der Waals surface area contributed by atoms with Crippen molar-refractivity contribution in [3.8, 4) is 11.3 Å². The lowest BCUT2D eigenvalue weighted by atomic mass is 10.1. The lowest BCUT2D eigenvalue weighted by Crippen LogP contribution is -2.36. The van der Waals surface area contributed by atoms with Gasteiger partial charge in [-0.2, -0.15) is 0 Å². The molecule has 1 aromatic heterocycles. The Labute approximate surface area is 204 Å². The molecule has 1 saturated heterocycles. The summed E-state index contributed by atoms with van der Waals surface area (Å²) in [4.78, 5) is 35.5. The molecule has 176 valence electrons. The van der Waals surface area contributed by atoms with Crippen molar-refractivity contribution in [2.45, 2.75) is 39.5 Å². The summed E-state index contributed by atoms with van der Waals surface area (Å²) in [6.45, 7) is 7.13.